The van der Waals surface area contributed by atoms with Gasteiger partial charge in [-0.2, -0.15) is 0 Å². The normalized spacial score (nSPS) is 15.7. The summed E-state index contributed by atoms with van der Waals surface area (Å²) in [5.74, 6) is 0.504. The van der Waals surface area contributed by atoms with E-state index < -0.39 is 0 Å². The van der Waals surface area contributed by atoms with Gasteiger partial charge in [-0.1, -0.05) is 23.7 Å². The molecule has 0 unspecified atom stereocenters. The first-order chi connectivity index (χ1) is 8.27. The number of hydrogen-bond acceptors (Lipinski definition) is 3. The van der Waals surface area contributed by atoms with E-state index >= 15 is 0 Å². The number of hydrogen-bond donors (Lipinski definition) is 0. The van der Waals surface area contributed by atoms with Crippen LogP contribution in [0.25, 0.3) is 0 Å². The van der Waals surface area contributed by atoms with Crippen molar-refractivity contribution in [3.05, 3.63) is 29.3 Å². The number of carbonyl (C=O) groups excluding carboxylic acids is 1. The molecule has 92 valence electrons. The fourth-order valence-electron chi connectivity index (χ4n) is 1.61. The predicted molar refractivity (Wildman–Crippen MR) is 64.3 cm³/mol. The average Bonchev–Trinajstić information content (AvgIpc) is 2.38. The van der Waals surface area contributed by atoms with E-state index in [4.69, 9.17) is 21.1 Å². The van der Waals surface area contributed by atoms with E-state index in [2.05, 4.69) is 0 Å². The van der Waals surface area contributed by atoms with Crippen molar-refractivity contribution < 1.29 is 14.3 Å². The second kappa shape index (κ2) is 5.89. The van der Waals surface area contributed by atoms with Gasteiger partial charge in [-0.3, -0.25) is 4.79 Å². The molecule has 0 bridgehead atoms. The van der Waals surface area contributed by atoms with E-state index in [0.29, 0.717) is 37.1 Å². The van der Waals surface area contributed by atoms with Crippen LogP contribution in [0, 0.1) is 0 Å². The van der Waals surface area contributed by atoms with Crippen molar-refractivity contribution in [2.45, 2.75) is 0 Å². The van der Waals surface area contributed by atoms with Crippen molar-refractivity contribution >= 4 is 17.5 Å². The lowest BCUT2D eigenvalue weighted by atomic mass is 10.3. The number of amides is 1. The van der Waals surface area contributed by atoms with Gasteiger partial charge in [-0.15, -0.1) is 0 Å². The van der Waals surface area contributed by atoms with Crippen molar-refractivity contribution in [3.63, 3.8) is 0 Å². The van der Waals surface area contributed by atoms with E-state index in [1.165, 1.54) is 0 Å². The molecule has 0 atom stereocenters. The van der Waals surface area contributed by atoms with Gasteiger partial charge in [-0.05, 0) is 12.1 Å². The maximum absolute atomic E-state index is 11.8. The monoisotopic (exact) mass is 255 g/mol. The Morgan fingerprint density at radius 3 is 2.76 bits per heavy atom. The van der Waals surface area contributed by atoms with Crippen LogP contribution in [0.2, 0.25) is 5.02 Å². The molecular weight excluding hydrogens is 242 g/mol. The number of morpholine rings is 1. The molecule has 0 N–H and O–H groups in total. The second-order valence-corrected chi connectivity index (χ2v) is 4.12. The Hall–Kier alpha value is -1.26. The summed E-state index contributed by atoms with van der Waals surface area (Å²) in [5.41, 5.74) is 0. The molecule has 0 aliphatic carbocycles. The smallest absolute Gasteiger partial charge is 0.260 e. The standard InChI is InChI=1S/C12H14ClNO3/c13-10-3-1-2-4-11(10)17-9-12(15)14-5-7-16-8-6-14/h1-4H,5-9H2. The maximum atomic E-state index is 11.8. The molecule has 2 rings (SSSR count). The minimum absolute atomic E-state index is 0.0176. The molecule has 1 amide bonds. The van der Waals surface area contributed by atoms with Crippen LogP contribution in [0.4, 0.5) is 0 Å². The minimum Gasteiger partial charge on any atom is -0.482 e. The van der Waals surface area contributed by atoms with E-state index in [-0.39, 0.29) is 12.5 Å². The van der Waals surface area contributed by atoms with Crippen molar-refractivity contribution in [1.29, 1.82) is 0 Å². The van der Waals surface area contributed by atoms with E-state index in [1.807, 2.05) is 12.1 Å². The molecule has 4 nitrogen and oxygen atoms in total. The summed E-state index contributed by atoms with van der Waals surface area (Å²) < 4.78 is 10.6. The van der Waals surface area contributed by atoms with Crippen LogP contribution in [0.15, 0.2) is 24.3 Å². The third-order valence-corrected chi connectivity index (χ3v) is 2.86. The van der Waals surface area contributed by atoms with Crippen LogP contribution in [-0.2, 0) is 9.53 Å². The van der Waals surface area contributed by atoms with Gasteiger partial charge in [0.15, 0.2) is 6.61 Å². The van der Waals surface area contributed by atoms with Crippen molar-refractivity contribution in [2.75, 3.05) is 32.9 Å². The Labute approximate surface area is 105 Å². The number of para-hydroxylation sites is 1. The molecule has 1 heterocycles. The van der Waals surface area contributed by atoms with E-state index in [1.54, 1.807) is 17.0 Å². The third-order valence-electron chi connectivity index (χ3n) is 2.55. The first-order valence-corrected chi connectivity index (χ1v) is 5.88. The molecule has 0 saturated carbocycles. The summed E-state index contributed by atoms with van der Waals surface area (Å²) in [6.45, 7) is 2.47. The Balaban J connectivity index is 1.85. The van der Waals surface area contributed by atoms with Crippen LogP contribution in [-0.4, -0.2) is 43.7 Å². The quantitative estimate of drug-likeness (QED) is 0.823. The maximum Gasteiger partial charge on any atom is 0.260 e. The highest BCUT2D eigenvalue weighted by Crippen LogP contribution is 2.22. The predicted octanol–water partition coefficient (Wildman–Crippen LogP) is 1.58. The van der Waals surface area contributed by atoms with Gasteiger partial charge in [0.05, 0.1) is 18.2 Å². The van der Waals surface area contributed by atoms with Crippen molar-refractivity contribution in [3.8, 4) is 5.75 Å². The van der Waals surface area contributed by atoms with Crippen molar-refractivity contribution in [2.24, 2.45) is 0 Å². The molecule has 1 aromatic carbocycles. The lowest BCUT2D eigenvalue weighted by Crippen LogP contribution is -2.42. The second-order valence-electron chi connectivity index (χ2n) is 3.71. The van der Waals surface area contributed by atoms with Crippen LogP contribution in [0.1, 0.15) is 0 Å². The topological polar surface area (TPSA) is 38.8 Å². The molecular formula is C12H14ClNO3. The number of rotatable bonds is 3. The Kier molecular flexibility index (Phi) is 4.23. The van der Waals surface area contributed by atoms with Gasteiger partial charge in [0.25, 0.3) is 5.91 Å². The summed E-state index contributed by atoms with van der Waals surface area (Å²) in [7, 11) is 0. The highest BCUT2D eigenvalue weighted by molar-refractivity contribution is 6.32. The summed E-state index contributed by atoms with van der Waals surface area (Å²) in [6, 6.07) is 7.12. The number of carbonyl (C=O) groups is 1. The lowest BCUT2D eigenvalue weighted by molar-refractivity contribution is -0.137. The number of halogens is 1. The zero-order chi connectivity index (χ0) is 12.1. The molecule has 0 radical (unpaired) electrons. The highest BCUT2D eigenvalue weighted by atomic mass is 35.5. The molecule has 1 aromatic rings. The van der Waals surface area contributed by atoms with Gasteiger partial charge < -0.3 is 14.4 Å². The molecule has 5 heteroatoms. The van der Waals surface area contributed by atoms with Crippen LogP contribution in [0.3, 0.4) is 0 Å². The van der Waals surface area contributed by atoms with Gasteiger partial charge in [0.1, 0.15) is 5.75 Å². The van der Waals surface area contributed by atoms with Gasteiger partial charge in [-0.25, -0.2) is 0 Å². The molecule has 0 aromatic heterocycles. The van der Waals surface area contributed by atoms with E-state index in [0.717, 1.165) is 0 Å². The zero-order valence-electron chi connectivity index (χ0n) is 9.39. The SMILES string of the molecule is O=C(COc1ccccc1Cl)N1CCOCC1. The summed E-state index contributed by atoms with van der Waals surface area (Å²) in [6.07, 6.45) is 0. The highest BCUT2D eigenvalue weighted by Gasteiger charge is 2.17. The van der Waals surface area contributed by atoms with Crippen LogP contribution < -0.4 is 4.74 Å². The third kappa shape index (κ3) is 3.35. The molecule has 0 spiro atoms. The van der Waals surface area contributed by atoms with Crippen LogP contribution in [0.5, 0.6) is 5.75 Å². The van der Waals surface area contributed by atoms with Gasteiger partial charge in [0.2, 0.25) is 0 Å². The number of ether oxygens (including phenoxy) is 2. The minimum atomic E-state index is -0.0341. The van der Waals surface area contributed by atoms with E-state index in [9.17, 15) is 4.79 Å². The molecule has 1 aliphatic rings. The molecule has 1 aliphatic heterocycles. The van der Waals surface area contributed by atoms with Crippen molar-refractivity contribution in [1.82, 2.24) is 4.90 Å². The summed E-state index contributed by atoms with van der Waals surface area (Å²) in [5, 5.41) is 0.516. The zero-order valence-corrected chi connectivity index (χ0v) is 10.2. The summed E-state index contributed by atoms with van der Waals surface area (Å²) in [4.78, 5) is 13.5. The molecule has 17 heavy (non-hydrogen) atoms. The lowest BCUT2D eigenvalue weighted by Gasteiger charge is -2.26. The van der Waals surface area contributed by atoms with Crippen LogP contribution >= 0.6 is 11.6 Å². The number of nitrogens with zero attached hydrogens (tertiary/aromatic N) is 1. The van der Waals surface area contributed by atoms with Gasteiger partial charge in [0, 0.05) is 13.1 Å². The van der Waals surface area contributed by atoms with Gasteiger partial charge >= 0.3 is 0 Å². The molecule has 1 fully saturated rings. The largest absolute Gasteiger partial charge is 0.482 e. The first kappa shape index (κ1) is 12.2. The summed E-state index contributed by atoms with van der Waals surface area (Å²) >= 11 is 5.92. The number of benzene rings is 1. The first-order valence-electron chi connectivity index (χ1n) is 5.50. The molecule has 1 saturated heterocycles. The Morgan fingerprint density at radius 2 is 2.06 bits per heavy atom. The average molecular weight is 256 g/mol. The Bertz CT molecular complexity index is 391. The fraction of sp³-hybridized carbons (Fsp3) is 0.417. The fourth-order valence-corrected chi connectivity index (χ4v) is 1.80. The Morgan fingerprint density at radius 1 is 1.35 bits per heavy atom.